The van der Waals surface area contributed by atoms with E-state index in [4.69, 9.17) is 0 Å². The van der Waals surface area contributed by atoms with Crippen molar-refractivity contribution in [3.8, 4) is 0 Å². The first-order valence-corrected chi connectivity index (χ1v) is 7.68. The molecule has 0 aromatic heterocycles. The number of hydrogen-bond donors (Lipinski definition) is 1. The van der Waals surface area contributed by atoms with Crippen LogP contribution in [0.5, 0.6) is 0 Å². The molecule has 3 nitrogen and oxygen atoms in total. The number of nitrogens with one attached hydrogen (secondary N) is 1. The Balaban J connectivity index is 2.12. The van der Waals surface area contributed by atoms with Gasteiger partial charge in [0.2, 0.25) is 0 Å². The van der Waals surface area contributed by atoms with Crippen LogP contribution in [0.3, 0.4) is 0 Å². The molecule has 0 aliphatic rings. The van der Waals surface area contributed by atoms with Crippen LogP contribution in [0.1, 0.15) is 35.7 Å². The second kappa shape index (κ2) is 7.74. The molecule has 108 valence electrons. The Morgan fingerprint density at radius 3 is 2.33 bits per heavy atom. The van der Waals surface area contributed by atoms with Gasteiger partial charge in [-0.2, -0.15) is 5.10 Å². The van der Waals surface area contributed by atoms with E-state index in [0.717, 1.165) is 28.6 Å². The van der Waals surface area contributed by atoms with Crippen LogP contribution in [-0.2, 0) is 0 Å². The normalized spacial score (nSPS) is 11.2. The summed E-state index contributed by atoms with van der Waals surface area (Å²) in [5.41, 5.74) is 5.15. The first-order valence-electron chi connectivity index (χ1n) is 6.88. The highest BCUT2D eigenvalue weighted by atomic mass is 79.9. The highest BCUT2D eigenvalue weighted by Crippen LogP contribution is 2.11. The van der Waals surface area contributed by atoms with Gasteiger partial charge in [0.05, 0.1) is 5.71 Å². The average Bonchev–Trinajstić information content (AvgIpc) is 2.52. The molecule has 0 unspecified atom stereocenters. The number of benzene rings is 2. The number of halogens is 1. The summed E-state index contributed by atoms with van der Waals surface area (Å²) in [6.45, 7) is 2.09. The maximum Gasteiger partial charge on any atom is 0.271 e. The third kappa shape index (κ3) is 4.53. The maximum atomic E-state index is 12.1. The summed E-state index contributed by atoms with van der Waals surface area (Å²) in [4.78, 5) is 12.1. The summed E-state index contributed by atoms with van der Waals surface area (Å²) in [7, 11) is 0. The predicted molar refractivity (Wildman–Crippen MR) is 89.5 cm³/mol. The Bertz CT molecular complexity index is 621. The topological polar surface area (TPSA) is 41.5 Å². The van der Waals surface area contributed by atoms with Crippen molar-refractivity contribution in [2.24, 2.45) is 5.10 Å². The van der Waals surface area contributed by atoms with E-state index < -0.39 is 0 Å². The number of carbonyl (C=O) groups is 1. The minimum absolute atomic E-state index is 0.202. The van der Waals surface area contributed by atoms with Crippen LogP contribution in [0.2, 0.25) is 0 Å². The number of hydrogen-bond acceptors (Lipinski definition) is 2. The highest BCUT2D eigenvalue weighted by Gasteiger charge is 2.06. The fraction of sp³-hybridized carbons (Fsp3) is 0.176. The van der Waals surface area contributed by atoms with Crippen molar-refractivity contribution >= 4 is 27.5 Å². The zero-order valence-electron chi connectivity index (χ0n) is 11.8. The largest absolute Gasteiger partial charge is 0.271 e. The summed E-state index contributed by atoms with van der Waals surface area (Å²) in [5.74, 6) is -0.202. The molecule has 0 radical (unpaired) electrons. The number of hydrazone groups is 1. The van der Waals surface area contributed by atoms with Gasteiger partial charge in [0.1, 0.15) is 0 Å². The Morgan fingerprint density at radius 1 is 1.05 bits per heavy atom. The standard InChI is InChI=1S/C17H17BrN2O/c1-2-6-16(13-7-4-3-5-8-13)19-20-17(21)14-9-11-15(18)12-10-14/h3-5,7-12H,2,6H2,1H3,(H,20,21)/b19-16-. The minimum Gasteiger partial charge on any atom is -0.267 e. The van der Waals surface area contributed by atoms with Gasteiger partial charge in [0.25, 0.3) is 5.91 Å². The highest BCUT2D eigenvalue weighted by molar-refractivity contribution is 9.10. The van der Waals surface area contributed by atoms with Crippen LogP contribution in [0.15, 0.2) is 64.2 Å². The monoisotopic (exact) mass is 344 g/mol. The van der Waals surface area contributed by atoms with Crippen molar-refractivity contribution in [2.45, 2.75) is 19.8 Å². The SMILES string of the molecule is CCC/C(=N/NC(=O)c1ccc(Br)cc1)c1ccccc1. The lowest BCUT2D eigenvalue weighted by Gasteiger charge is -2.06. The van der Waals surface area contributed by atoms with Gasteiger partial charge < -0.3 is 0 Å². The van der Waals surface area contributed by atoms with Crippen molar-refractivity contribution in [2.75, 3.05) is 0 Å². The van der Waals surface area contributed by atoms with E-state index in [2.05, 4.69) is 33.4 Å². The third-order valence-electron chi connectivity index (χ3n) is 2.99. The molecule has 2 aromatic carbocycles. The number of nitrogens with zero attached hydrogens (tertiary/aromatic N) is 1. The van der Waals surface area contributed by atoms with Crippen molar-refractivity contribution < 1.29 is 4.79 Å². The summed E-state index contributed by atoms with van der Waals surface area (Å²) < 4.78 is 0.943. The van der Waals surface area contributed by atoms with E-state index >= 15 is 0 Å². The molecular formula is C17H17BrN2O. The summed E-state index contributed by atoms with van der Waals surface area (Å²) >= 11 is 3.35. The summed E-state index contributed by atoms with van der Waals surface area (Å²) in [6, 6.07) is 17.1. The molecule has 2 aromatic rings. The Hall–Kier alpha value is -1.94. The number of amides is 1. The fourth-order valence-electron chi connectivity index (χ4n) is 1.92. The zero-order valence-corrected chi connectivity index (χ0v) is 13.4. The second-order valence-corrected chi connectivity index (χ2v) is 5.54. The van der Waals surface area contributed by atoms with E-state index in [1.807, 2.05) is 42.5 Å². The van der Waals surface area contributed by atoms with Crippen molar-refractivity contribution in [1.82, 2.24) is 5.43 Å². The Morgan fingerprint density at radius 2 is 1.71 bits per heavy atom. The average molecular weight is 345 g/mol. The molecule has 0 saturated carbocycles. The lowest BCUT2D eigenvalue weighted by atomic mass is 10.1. The molecule has 2 rings (SSSR count). The molecule has 0 aliphatic heterocycles. The molecule has 0 heterocycles. The van der Waals surface area contributed by atoms with Crippen molar-refractivity contribution in [3.63, 3.8) is 0 Å². The lowest BCUT2D eigenvalue weighted by molar-refractivity contribution is 0.0955. The number of carbonyl (C=O) groups excluding carboxylic acids is 1. The van der Waals surface area contributed by atoms with Gasteiger partial charge in [-0.15, -0.1) is 0 Å². The smallest absolute Gasteiger partial charge is 0.267 e. The van der Waals surface area contributed by atoms with Gasteiger partial charge in [0.15, 0.2) is 0 Å². The lowest BCUT2D eigenvalue weighted by Crippen LogP contribution is -2.20. The molecule has 21 heavy (non-hydrogen) atoms. The summed E-state index contributed by atoms with van der Waals surface area (Å²) in [5, 5.41) is 4.29. The van der Waals surface area contributed by atoms with Crippen LogP contribution in [0, 0.1) is 0 Å². The van der Waals surface area contributed by atoms with Gasteiger partial charge in [-0.25, -0.2) is 5.43 Å². The van der Waals surface area contributed by atoms with Crippen LogP contribution in [0.25, 0.3) is 0 Å². The quantitative estimate of drug-likeness (QED) is 0.634. The Labute approximate surface area is 133 Å². The van der Waals surface area contributed by atoms with Crippen molar-refractivity contribution in [1.29, 1.82) is 0 Å². The van der Waals surface area contributed by atoms with Gasteiger partial charge in [0, 0.05) is 10.0 Å². The van der Waals surface area contributed by atoms with Gasteiger partial charge in [-0.05, 0) is 36.2 Å². The van der Waals surface area contributed by atoms with Crippen molar-refractivity contribution in [3.05, 3.63) is 70.2 Å². The predicted octanol–water partition coefficient (Wildman–Crippen LogP) is 4.38. The molecule has 0 fully saturated rings. The van der Waals surface area contributed by atoms with Gasteiger partial charge >= 0.3 is 0 Å². The number of rotatable bonds is 5. The molecule has 0 aliphatic carbocycles. The van der Waals surface area contributed by atoms with E-state index in [0.29, 0.717) is 5.56 Å². The maximum absolute atomic E-state index is 12.1. The van der Waals surface area contributed by atoms with E-state index in [1.165, 1.54) is 0 Å². The van der Waals surface area contributed by atoms with Crippen LogP contribution < -0.4 is 5.43 Å². The van der Waals surface area contributed by atoms with Gasteiger partial charge in [-0.3, -0.25) is 4.79 Å². The van der Waals surface area contributed by atoms with Gasteiger partial charge in [-0.1, -0.05) is 59.6 Å². The minimum atomic E-state index is -0.202. The first-order chi connectivity index (χ1) is 10.2. The van der Waals surface area contributed by atoms with Crippen LogP contribution in [0.4, 0.5) is 0 Å². The first kappa shape index (κ1) is 15.4. The molecule has 0 saturated heterocycles. The second-order valence-electron chi connectivity index (χ2n) is 4.62. The molecular weight excluding hydrogens is 328 g/mol. The van der Waals surface area contributed by atoms with E-state index in [-0.39, 0.29) is 5.91 Å². The fourth-order valence-corrected chi connectivity index (χ4v) is 2.18. The molecule has 4 heteroatoms. The Kier molecular flexibility index (Phi) is 5.69. The molecule has 1 amide bonds. The summed E-state index contributed by atoms with van der Waals surface area (Å²) in [6.07, 6.45) is 1.80. The molecule has 0 bridgehead atoms. The third-order valence-corrected chi connectivity index (χ3v) is 3.52. The van der Waals surface area contributed by atoms with E-state index in [1.54, 1.807) is 12.1 Å². The van der Waals surface area contributed by atoms with E-state index in [9.17, 15) is 4.79 Å². The molecule has 1 N–H and O–H groups in total. The van der Waals surface area contributed by atoms with Crippen LogP contribution >= 0.6 is 15.9 Å². The molecule has 0 spiro atoms. The zero-order chi connectivity index (χ0) is 15.1. The van der Waals surface area contributed by atoms with Crippen LogP contribution in [-0.4, -0.2) is 11.6 Å². The molecule has 0 atom stereocenters.